The number of rotatable bonds is 5. The van der Waals surface area contributed by atoms with Gasteiger partial charge in [0, 0.05) is 42.2 Å². The second-order valence-electron chi connectivity index (χ2n) is 7.62. The summed E-state index contributed by atoms with van der Waals surface area (Å²) in [6.45, 7) is 0.212. The molecular formula is C22H20ClFN2O4. The lowest BCUT2D eigenvalue weighted by atomic mass is 9.92. The van der Waals surface area contributed by atoms with Gasteiger partial charge in [-0.2, -0.15) is 0 Å². The molecule has 0 radical (unpaired) electrons. The topological polar surface area (TPSA) is 86.7 Å². The van der Waals surface area contributed by atoms with Crippen LogP contribution in [-0.2, 0) is 27.2 Å². The smallest absolute Gasteiger partial charge is 0.266 e. The maximum Gasteiger partial charge on any atom is 0.266 e. The summed E-state index contributed by atoms with van der Waals surface area (Å²) in [5.74, 6) is -1.76. The van der Waals surface area contributed by atoms with Crippen LogP contribution in [0.2, 0.25) is 5.02 Å². The number of Topliss-reactive ketones (excluding diaryl/α,β-unsaturated/α-hetero) is 1. The molecule has 0 spiro atoms. The fraction of sp³-hybridized carbons (Fsp3) is 0.318. The molecule has 2 aromatic rings. The van der Waals surface area contributed by atoms with Gasteiger partial charge in [-0.15, -0.1) is 0 Å². The van der Waals surface area contributed by atoms with E-state index in [0.29, 0.717) is 29.8 Å². The molecule has 0 aromatic heterocycles. The van der Waals surface area contributed by atoms with Gasteiger partial charge >= 0.3 is 0 Å². The van der Waals surface area contributed by atoms with E-state index < -0.39 is 23.1 Å². The standard InChI is InChI=1S/C22H20ClFN2O4/c23-17-12-15(24)4-1-13(17)2-7-19(27)22(30)9-10-26(21(22)29)16-5-6-18-14(11-16)3-8-20(28)25-18/h1,4-6,11-12,30H,2-3,7-10H2,(H,25,28)/t22-/m0/s1. The number of nitrogens with one attached hydrogen (secondary N) is 1. The van der Waals surface area contributed by atoms with Crippen LogP contribution in [0.15, 0.2) is 36.4 Å². The van der Waals surface area contributed by atoms with Crippen LogP contribution in [0.25, 0.3) is 0 Å². The number of amides is 2. The van der Waals surface area contributed by atoms with Crippen LogP contribution >= 0.6 is 11.6 Å². The monoisotopic (exact) mass is 430 g/mol. The van der Waals surface area contributed by atoms with E-state index in [1.165, 1.54) is 17.0 Å². The Bertz CT molecular complexity index is 1060. The Hall–Kier alpha value is -2.77. The first-order valence-corrected chi connectivity index (χ1v) is 10.1. The zero-order valence-electron chi connectivity index (χ0n) is 16.1. The summed E-state index contributed by atoms with van der Waals surface area (Å²) in [4.78, 5) is 38.5. The minimum absolute atomic E-state index is 0.00433. The summed E-state index contributed by atoms with van der Waals surface area (Å²) in [5, 5.41) is 13.8. The minimum atomic E-state index is -2.09. The molecule has 2 amide bonds. The molecule has 2 aliphatic rings. The van der Waals surface area contributed by atoms with Crippen molar-refractivity contribution in [3.05, 3.63) is 58.4 Å². The maximum absolute atomic E-state index is 13.2. The number of hydrogen-bond acceptors (Lipinski definition) is 4. The molecule has 6 nitrogen and oxygen atoms in total. The summed E-state index contributed by atoms with van der Waals surface area (Å²) in [7, 11) is 0. The molecule has 0 unspecified atom stereocenters. The van der Waals surface area contributed by atoms with Crippen molar-refractivity contribution >= 4 is 40.6 Å². The van der Waals surface area contributed by atoms with E-state index in [0.717, 1.165) is 11.6 Å². The SMILES string of the molecule is O=C1CCc2cc(N3CC[C@](O)(C(=O)CCc4ccc(F)cc4Cl)C3=O)ccc2N1. The van der Waals surface area contributed by atoms with Gasteiger partial charge in [0.2, 0.25) is 11.5 Å². The Morgan fingerprint density at radius 3 is 2.77 bits per heavy atom. The molecule has 2 N–H and O–H groups in total. The van der Waals surface area contributed by atoms with Crippen LogP contribution < -0.4 is 10.2 Å². The first kappa shape index (κ1) is 20.5. The van der Waals surface area contributed by atoms with E-state index >= 15 is 0 Å². The molecule has 1 saturated heterocycles. The molecule has 0 aliphatic carbocycles. The van der Waals surface area contributed by atoms with Gasteiger partial charge in [0.15, 0.2) is 5.78 Å². The predicted molar refractivity (Wildman–Crippen MR) is 110 cm³/mol. The predicted octanol–water partition coefficient (Wildman–Crippen LogP) is 3.03. The highest BCUT2D eigenvalue weighted by Crippen LogP contribution is 2.34. The van der Waals surface area contributed by atoms with Gasteiger partial charge in [0.05, 0.1) is 0 Å². The molecule has 0 bridgehead atoms. The molecule has 2 aromatic carbocycles. The summed E-state index contributed by atoms with van der Waals surface area (Å²) in [5.41, 5.74) is 0.697. The van der Waals surface area contributed by atoms with Gasteiger partial charge in [-0.25, -0.2) is 4.39 Å². The van der Waals surface area contributed by atoms with Gasteiger partial charge in [0.25, 0.3) is 5.91 Å². The summed E-state index contributed by atoms with van der Waals surface area (Å²) < 4.78 is 13.2. The average molecular weight is 431 g/mol. The number of carbonyl (C=O) groups excluding carboxylic acids is 3. The lowest BCUT2D eigenvalue weighted by Gasteiger charge is -2.23. The van der Waals surface area contributed by atoms with Gasteiger partial charge < -0.3 is 15.3 Å². The molecule has 2 heterocycles. The van der Waals surface area contributed by atoms with E-state index in [9.17, 15) is 23.9 Å². The van der Waals surface area contributed by atoms with Gasteiger partial charge in [-0.3, -0.25) is 14.4 Å². The van der Waals surface area contributed by atoms with Crippen molar-refractivity contribution in [2.75, 3.05) is 16.8 Å². The summed E-state index contributed by atoms with van der Waals surface area (Å²) in [6.07, 6.45) is 1.05. The second kappa shape index (κ2) is 7.81. The number of benzene rings is 2. The second-order valence-corrected chi connectivity index (χ2v) is 8.02. The zero-order valence-corrected chi connectivity index (χ0v) is 16.8. The van der Waals surface area contributed by atoms with Crippen molar-refractivity contribution in [1.29, 1.82) is 0 Å². The largest absolute Gasteiger partial charge is 0.373 e. The third kappa shape index (κ3) is 3.70. The normalized spacial score (nSPS) is 20.8. The number of aliphatic hydroxyl groups is 1. The van der Waals surface area contributed by atoms with Crippen molar-refractivity contribution in [2.24, 2.45) is 0 Å². The quantitative estimate of drug-likeness (QED) is 0.714. The van der Waals surface area contributed by atoms with Gasteiger partial charge in [0.1, 0.15) is 5.82 Å². The number of hydrogen-bond donors (Lipinski definition) is 2. The molecule has 156 valence electrons. The Labute approximate surface area is 177 Å². The Balaban J connectivity index is 1.47. The molecule has 2 aliphatic heterocycles. The number of carbonyl (C=O) groups is 3. The van der Waals surface area contributed by atoms with E-state index in [-0.39, 0.29) is 36.7 Å². The highest BCUT2D eigenvalue weighted by Gasteiger charge is 2.50. The lowest BCUT2D eigenvalue weighted by molar-refractivity contribution is -0.147. The van der Waals surface area contributed by atoms with Crippen LogP contribution in [0.3, 0.4) is 0 Å². The van der Waals surface area contributed by atoms with Crippen molar-refractivity contribution in [3.8, 4) is 0 Å². The number of fused-ring (bicyclic) bond motifs is 1. The molecule has 4 rings (SSSR count). The number of ketones is 1. The zero-order chi connectivity index (χ0) is 21.5. The van der Waals surface area contributed by atoms with E-state index in [1.807, 2.05) is 0 Å². The lowest BCUT2D eigenvalue weighted by Crippen LogP contribution is -2.47. The number of anilines is 2. The third-order valence-corrected chi connectivity index (χ3v) is 6.04. The van der Waals surface area contributed by atoms with Crippen molar-refractivity contribution in [3.63, 3.8) is 0 Å². The minimum Gasteiger partial charge on any atom is -0.373 e. The van der Waals surface area contributed by atoms with Crippen molar-refractivity contribution in [2.45, 2.75) is 37.7 Å². The molecule has 8 heteroatoms. The van der Waals surface area contributed by atoms with E-state index in [1.54, 1.807) is 18.2 Å². The Morgan fingerprint density at radius 1 is 1.20 bits per heavy atom. The van der Waals surface area contributed by atoms with Gasteiger partial charge in [-0.1, -0.05) is 17.7 Å². The van der Waals surface area contributed by atoms with Crippen LogP contribution in [0.5, 0.6) is 0 Å². The molecule has 1 atom stereocenters. The summed E-state index contributed by atoms with van der Waals surface area (Å²) >= 11 is 5.99. The van der Waals surface area contributed by atoms with Crippen molar-refractivity contribution in [1.82, 2.24) is 0 Å². The first-order chi connectivity index (χ1) is 14.3. The fourth-order valence-electron chi connectivity index (χ4n) is 3.93. The number of halogens is 2. The molecule has 1 fully saturated rings. The molecule has 30 heavy (non-hydrogen) atoms. The average Bonchev–Trinajstić information content (AvgIpc) is 3.02. The third-order valence-electron chi connectivity index (χ3n) is 5.69. The highest BCUT2D eigenvalue weighted by atomic mass is 35.5. The molecular weight excluding hydrogens is 411 g/mol. The maximum atomic E-state index is 13.2. The Morgan fingerprint density at radius 2 is 2.00 bits per heavy atom. The van der Waals surface area contributed by atoms with Crippen LogP contribution in [0.4, 0.5) is 15.8 Å². The number of nitrogens with zero attached hydrogens (tertiary/aromatic N) is 1. The van der Waals surface area contributed by atoms with Crippen LogP contribution in [-0.4, -0.2) is 34.8 Å². The van der Waals surface area contributed by atoms with E-state index in [2.05, 4.69) is 5.32 Å². The summed E-state index contributed by atoms with van der Waals surface area (Å²) in [6, 6.07) is 9.13. The van der Waals surface area contributed by atoms with E-state index in [4.69, 9.17) is 11.6 Å². The van der Waals surface area contributed by atoms with Crippen LogP contribution in [0.1, 0.15) is 30.4 Å². The fourth-order valence-corrected chi connectivity index (χ4v) is 4.19. The number of aryl methyl sites for hydroxylation is 2. The van der Waals surface area contributed by atoms with Crippen molar-refractivity contribution < 1.29 is 23.9 Å². The molecule has 0 saturated carbocycles. The highest BCUT2D eigenvalue weighted by molar-refractivity contribution is 6.31. The van der Waals surface area contributed by atoms with Gasteiger partial charge in [-0.05, 0) is 54.3 Å². The Kier molecular flexibility index (Phi) is 5.34. The first-order valence-electron chi connectivity index (χ1n) is 9.72. The van der Waals surface area contributed by atoms with Crippen LogP contribution in [0, 0.1) is 5.82 Å².